The molecule has 2 unspecified atom stereocenters. The molecule has 0 fully saturated rings. The van der Waals surface area contributed by atoms with Gasteiger partial charge in [-0.25, -0.2) is 4.39 Å². The number of esters is 1. The van der Waals surface area contributed by atoms with Gasteiger partial charge in [0.1, 0.15) is 5.82 Å². The van der Waals surface area contributed by atoms with Gasteiger partial charge in [-0.05, 0) is 32.4 Å². The predicted molar refractivity (Wildman–Crippen MR) is 95.8 cm³/mol. The van der Waals surface area contributed by atoms with E-state index in [0.717, 1.165) is 5.57 Å². The highest BCUT2D eigenvalue weighted by atomic mass is 19.4. The molecule has 0 spiro atoms. The smallest absolute Gasteiger partial charge is 0.419 e. The molecule has 1 aliphatic carbocycles. The first-order valence-corrected chi connectivity index (χ1v) is 8.82. The molecular weight excluding hydrogens is 378 g/mol. The summed E-state index contributed by atoms with van der Waals surface area (Å²) in [6.45, 7) is 5.09. The van der Waals surface area contributed by atoms with Crippen LogP contribution in [0.15, 0.2) is 35.4 Å². The molecule has 0 radical (unpaired) electrons. The Morgan fingerprint density at radius 1 is 1.32 bits per heavy atom. The Hall–Kier alpha value is -2.19. The third kappa shape index (κ3) is 4.80. The summed E-state index contributed by atoms with van der Waals surface area (Å²) >= 11 is 0. The van der Waals surface area contributed by atoms with Crippen molar-refractivity contribution >= 4 is 5.97 Å². The van der Waals surface area contributed by atoms with Crippen molar-refractivity contribution in [1.29, 1.82) is 0 Å². The number of rotatable bonds is 5. The first-order valence-electron chi connectivity index (χ1n) is 8.82. The Balaban J connectivity index is 2.56. The Morgan fingerprint density at radius 3 is 2.50 bits per heavy atom. The van der Waals surface area contributed by atoms with Crippen molar-refractivity contribution in [2.45, 2.75) is 51.4 Å². The fourth-order valence-electron chi connectivity index (χ4n) is 3.43. The molecule has 28 heavy (non-hydrogen) atoms. The molecule has 8 heteroatoms. The van der Waals surface area contributed by atoms with Crippen molar-refractivity contribution in [3.63, 3.8) is 0 Å². The Kier molecular flexibility index (Phi) is 6.67. The highest BCUT2D eigenvalue weighted by Crippen LogP contribution is 2.40. The van der Waals surface area contributed by atoms with Crippen LogP contribution in [0, 0.1) is 5.82 Å². The quantitative estimate of drug-likeness (QED) is 0.574. The van der Waals surface area contributed by atoms with Gasteiger partial charge in [-0.1, -0.05) is 29.4 Å². The van der Waals surface area contributed by atoms with Crippen molar-refractivity contribution in [3.8, 4) is 0 Å². The van der Waals surface area contributed by atoms with Crippen LogP contribution in [0.1, 0.15) is 55.8 Å². The van der Waals surface area contributed by atoms with Crippen LogP contribution in [0.25, 0.3) is 0 Å². The zero-order valence-corrected chi connectivity index (χ0v) is 15.8. The van der Waals surface area contributed by atoms with E-state index in [1.54, 1.807) is 26.8 Å². The number of aliphatic hydroxyl groups is 1. The molecule has 0 aromatic heterocycles. The topological polar surface area (TPSA) is 72.5 Å². The molecule has 3 N–H and O–H groups in total. The molecule has 0 saturated carbocycles. The number of aliphatic hydroxyl groups excluding tert-OH is 1. The van der Waals surface area contributed by atoms with Crippen molar-refractivity contribution in [2.24, 2.45) is 5.73 Å². The van der Waals surface area contributed by atoms with Gasteiger partial charge in [-0.3, -0.25) is 4.79 Å². The second-order valence-electron chi connectivity index (χ2n) is 6.85. The molecule has 0 aliphatic heterocycles. The predicted octanol–water partition coefficient (Wildman–Crippen LogP) is 4.15. The van der Waals surface area contributed by atoms with Gasteiger partial charge in [0.25, 0.3) is 0 Å². The molecule has 1 aromatic rings. The Bertz CT molecular complexity index is 814. The van der Waals surface area contributed by atoms with Crippen molar-refractivity contribution < 1.29 is 32.2 Å². The lowest BCUT2D eigenvalue weighted by molar-refractivity contribution is -0.143. The SMILES string of the molecule is CCOC(=O)C[C@H](N)c1cc(C2C(C)=CC(C)=CC2O)cc(C(F)(F)F)c1F. The molecular formula is C20H23F4NO3. The van der Waals surface area contributed by atoms with E-state index in [9.17, 15) is 27.5 Å². The van der Waals surface area contributed by atoms with Gasteiger partial charge in [0.05, 0.1) is 24.7 Å². The summed E-state index contributed by atoms with van der Waals surface area (Å²) in [5, 5.41) is 10.4. The van der Waals surface area contributed by atoms with Crippen LogP contribution in [0.5, 0.6) is 0 Å². The molecule has 1 aliphatic rings. The number of benzene rings is 1. The Morgan fingerprint density at radius 2 is 1.96 bits per heavy atom. The summed E-state index contributed by atoms with van der Waals surface area (Å²) in [5.41, 5.74) is 5.40. The second-order valence-corrected chi connectivity index (χ2v) is 6.85. The van der Waals surface area contributed by atoms with E-state index in [1.807, 2.05) is 0 Å². The maximum atomic E-state index is 14.6. The average Bonchev–Trinajstić information content (AvgIpc) is 2.54. The summed E-state index contributed by atoms with van der Waals surface area (Å²) < 4.78 is 59.6. The molecule has 3 atom stereocenters. The van der Waals surface area contributed by atoms with Crippen LogP contribution in [-0.2, 0) is 15.7 Å². The number of carbonyl (C=O) groups excluding carboxylic acids is 1. The van der Waals surface area contributed by atoms with E-state index in [0.29, 0.717) is 11.6 Å². The number of hydrogen-bond donors (Lipinski definition) is 2. The first kappa shape index (κ1) is 22.1. The first-order chi connectivity index (χ1) is 13.0. The van der Waals surface area contributed by atoms with E-state index in [4.69, 9.17) is 10.5 Å². The number of alkyl halides is 3. The third-order valence-corrected chi connectivity index (χ3v) is 4.60. The highest BCUT2D eigenvalue weighted by molar-refractivity contribution is 5.70. The van der Waals surface area contributed by atoms with Crippen LogP contribution < -0.4 is 5.73 Å². The number of allylic oxidation sites excluding steroid dienone is 2. The van der Waals surface area contributed by atoms with E-state index in [1.165, 1.54) is 12.1 Å². The summed E-state index contributed by atoms with van der Waals surface area (Å²) in [7, 11) is 0. The largest absolute Gasteiger partial charge is 0.466 e. The van der Waals surface area contributed by atoms with Crippen LogP contribution in [-0.4, -0.2) is 23.8 Å². The number of nitrogens with two attached hydrogens (primary N) is 1. The number of ether oxygens (including phenoxy) is 1. The van der Waals surface area contributed by atoms with E-state index in [2.05, 4.69) is 0 Å². The second kappa shape index (κ2) is 8.45. The van der Waals surface area contributed by atoms with E-state index >= 15 is 0 Å². The van der Waals surface area contributed by atoms with Gasteiger partial charge >= 0.3 is 12.1 Å². The summed E-state index contributed by atoms with van der Waals surface area (Å²) in [6.07, 6.45) is -3.22. The van der Waals surface area contributed by atoms with Gasteiger partial charge in [-0.2, -0.15) is 13.2 Å². The maximum absolute atomic E-state index is 14.6. The minimum Gasteiger partial charge on any atom is -0.466 e. The van der Waals surface area contributed by atoms with Gasteiger partial charge in [0.2, 0.25) is 0 Å². The minimum atomic E-state index is -4.96. The fourth-order valence-corrected chi connectivity index (χ4v) is 3.43. The molecule has 4 nitrogen and oxygen atoms in total. The van der Waals surface area contributed by atoms with Gasteiger partial charge in [0, 0.05) is 17.5 Å². The summed E-state index contributed by atoms with van der Waals surface area (Å²) in [5.74, 6) is -3.04. The Labute approximate surface area is 160 Å². The molecule has 0 heterocycles. The van der Waals surface area contributed by atoms with Crippen molar-refractivity contribution in [1.82, 2.24) is 0 Å². The normalized spacial score (nSPS) is 21.0. The fraction of sp³-hybridized carbons (Fsp3) is 0.450. The number of halogens is 4. The molecule has 2 rings (SSSR count). The average molecular weight is 401 g/mol. The molecule has 0 saturated heterocycles. The van der Waals surface area contributed by atoms with E-state index < -0.39 is 53.6 Å². The lowest BCUT2D eigenvalue weighted by Gasteiger charge is -2.28. The van der Waals surface area contributed by atoms with Gasteiger partial charge in [0.15, 0.2) is 0 Å². The van der Waals surface area contributed by atoms with Crippen LogP contribution in [0.4, 0.5) is 17.6 Å². The van der Waals surface area contributed by atoms with Crippen molar-refractivity contribution in [2.75, 3.05) is 6.61 Å². The molecule has 0 bridgehead atoms. The van der Waals surface area contributed by atoms with Crippen LogP contribution in [0.3, 0.4) is 0 Å². The van der Waals surface area contributed by atoms with Crippen molar-refractivity contribution in [3.05, 3.63) is 57.9 Å². The van der Waals surface area contributed by atoms with E-state index in [-0.39, 0.29) is 12.2 Å². The number of carbonyl (C=O) groups is 1. The summed E-state index contributed by atoms with van der Waals surface area (Å²) in [6, 6.07) is 0.562. The zero-order chi connectivity index (χ0) is 21.2. The molecule has 1 aromatic carbocycles. The minimum absolute atomic E-state index is 0.0752. The highest BCUT2D eigenvalue weighted by Gasteiger charge is 2.38. The van der Waals surface area contributed by atoms with Gasteiger partial charge in [-0.15, -0.1) is 0 Å². The molecule has 154 valence electrons. The zero-order valence-electron chi connectivity index (χ0n) is 15.8. The van der Waals surface area contributed by atoms with Crippen LogP contribution in [0.2, 0.25) is 0 Å². The van der Waals surface area contributed by atoms with Crippen LogP contribution >= 0.6 is 0 Å². The van der Waals surface area contributed by atoms with Gasteiger partial charge < -0.3 is 15.6 Å². The summed E-state index contributed by atoms with van der Waals surface area (Å²) in [4.78, 5) is 11.6. The lowest BCUT2D eigenvalue weighted by atomic mass is 9.80. The standard InChI is InChI=1S/C20H23F4NO3/c1-4-28-17(27)9-15(25)13-7-12(8-14(19(13)21)20(22,23)24)18-11(3)5-10(2)6-16(18)26/h5-8,15-16,18,26H,4,9,25H2,1-3H3/t15-,16?,18?/m0/s1. The number of hydrogen-bond acceptors (Lipinski definition) is 4. The third-order valence-electron chi connectivity index (χ3n) is 4.60. The monoisotopic (exact) mass is 401 g/mol. The maximum Gasteiger partial charge on any atom is 0.419 e. The molecule has 0 amide bonds. The lowest BCUT2D eigenvalue weighted by Crippen LogP contribution is -2.24.